The van der Waals surface area contributed by atoms with E-state index in [0.29, 0.717) is 5.41 Å². The van der Waals surface area contributed by atoms with Crippen LogP contribution in [-0.4, -0.2) is 13.2 Å². The van der Waals surface area contributed by atoms with Gasteiger partial charge in [0, 0.05) is 0 Å². The molecule has 0 aromatic heterocycles. The van der Waals surface area contributed by atoms with Gasteiger partial charge in [0.2, 0.25) is 0 Å². The summed E-state index contributed by atoms with van der Waals surface area (Å²) in [5.41, 5.74) is 0.488. The van der Waals surface area contributed by atoms with Crippen molar-refractivity contribution in [1.82, 2.24) is 0 Å². The molecule has 2 aliphatic carbocycles. The summed E-state index contributed by atoms with van der Waals surface area (Å²) in [7, 11) is 0. The predicted molar refractivity (Wildman–Crippen MR) is 101 cm³/mol. The van der Waals surface area contributed by atoms with Crippen LogP contribution in [0.2, 0.25) is 0 Å². The lowest BCUT2D eigenvalue weighted by Gasteiger charge is -2.43. The first kappa shape index (κ1) is 19.0. The van der Waals surface area contributed by atoms with Crippen LogP contribution in [0.5, 0.6) is 0 Å². The Balaban J connectivity index is 1.81. The highest BCUT2D eigenvalue weighted by atomic mass is 16.5. The number of ether oxygens (including phenoxy) is 1. The van der Waals surface area contributed by atoms with E-state index < -0.39 is 0 Å². The fraction of sp³-hybridized carbons (Fsp3) is 0.909. The molecule has 1 nitrogen and oxygen atoms in total. The first-order valence-corrected chi connectivity index (χ1v) is 10.5. The van der Waals surface area contributed by atoms with Gasteiger partial charge in [0.25, 0.3) is 0 Å². The fourth-order valence-corrected chi connectivity index (χ4v) is 5.08. The van der Waals surface area contributed by atoms with Crippen molar-refractivity contribution in [2.75, 3.05) is 13.2 Å². The van der Waals surface area contributed by atoms with Crippen molar-refractivity contribution in [2.24, 2.45) is 17.3 Å². The van der Waals surface area contributed by atoms with Gasteiger partial charge in [-0.1, -0.05) is 70.8 Å². The molecule has 23 heavy (non-hydrogen) atoms. The molecule has 0 unspecified atom stereocenters. The summed E-state index contributed by atoms with van der Waals surface area (Å²) >= 11 is 0. The van der Waals surface area contributed by atoms with Crippen molar-refractivity contribution in [3.05, 3.63) is 12.7 Å². The SMILES string of the molecule is C=CCOC[C@]1(CCCCCC)CC[C@H](C2CCCCC2)CC1. The van der Waals surface area contributed by atoms with E-state index in [4.69, 9.17) is 4.74 Å². The highest BCUT2D eigenvalue weighted by Gasteiger charge is 2.37. The molecule has 0 saturated heterocycles. The summed E-state index contributed by atoms with van der Waals surface area (Å²) in [5, 5.41) is 0. The monoisotopic (exact) mass is 320 g/mol. The topological polar surface area (TPSA) is 9.23 Å². The third-order valence-corrected chi connectivity index (χ3v) is 6.61. The zero-order valence-electron chi connectivity index (χ0n) is 15.7. The molecular weight excluding hydrogens is 280 g/mol. The highest BCUT2D eigenvalue weighted by molar-refractivity contribution is 4.88. The lowest BCUT2D eigenvalue weighted by atomic mass is 9.64. The third kappa shape index (κ3) is 6.25. The maximum absolute atomic E-state index is 5.95. The van der Waals surface area contributed by atoms with Crippen LogP contribution in [-0.2, 0) is 4.74 Å². The van der Waals surface area contributed by atoms with Crippen LogP contribution in [0, 0.1) is 17.3 Å². The van der Waals surface area contributed by atoms with E-state index in [-0.39, 0.29) is 0 Å². The molecule has 0 aromatic rings. The van der Waals surface area contributed by atoms with Gasteiger partial charge in [-0.3, -0.25) is 0 Å². The van der Waals surface area contributed by atoms with Crippen molar-refractivity contribution in [1.29, 1.82) is 0 Å². The lowest BCUT2D eigenvalue weighted by Crippen LogP contribution is -2.34. The van der Waals surface area contributed by atoms with E-state index in [0.717, 1.165) is 25.0 Å². The summed E-state index contributed by atoms with van der Waals surface area (Å²) in [4.78, 5) is 0. The minimum atomic E-state index is 0.488. The number of unbranched alkanes of at least 4 members (excludes halogenated alkanes) is 3. The Morgan fingerprint density at radius 3 is 2.30 bits per heavy atom. The third-order valence-electron chi connectivity index (χ3n) is 6.61. The maximum Gasteiger partial charge on any atom is 0.0645 e. The summed E-state index contributed by atoms with van der Waals surface area (Å²) < 4.78 is 5.95. The zero-order chi connectivity index (χ0) is 16.4. The van der Waals surface area contributed by atoms with Crippen molar-refractivity contribution < 1.29 is 4.74 Å². The van der Waals surface area contributed by atoms with E-state index >= 15 is 0 Å². The summed E-state index contributed by atoms with van der Waals surface area (Å²) in [6, 6.07) is 0. The Hall–Kier alpha value is -0.300. The number of hydrogen-bond acceptors (Lipinski definition) is 1. The molecule has 2 aliphatic rings. The molecule has 1 heteroatoms. The molecule has 2 fully saturated rings. The van der Waals surface area contributed by atoms with Crippen molar-refractivity contribution in [2.45, 2.75) is 96.8 Å². The van der Waals surface area contributed by atoms with Crippen LogP contribution in [0.25, 0.3) is 0 Å². The van der Waals surface area contributed by atoms with Crippen LogP contribution in [0.15, 0.2) is 12.7 Å². The molecule has 134 valence electrons. The van der Waals surface area contributed by atoms with E-state index in [2.05, 4.69) is 13.5 Å². The minimum Gasteiger partial charge on any atom is -0.377 e. The largest absolute Gasteiger partial charge is 0.377 e. The van der Waals surface area contributed by atoms with Gasteiger partial charge < -0.3 is 4.74 Å². The average Bonchev–Trinajstić information content (AvgIpc) is 2.61. The zero-order valence-corrected chi connectivity index (χ0v) is 15.7. The summed E-state index contributed by atoms with van der Waals surface area (Å²) in [6.45, 7) is 7.80. The lowest BCUT2D eigenvalue weighted by molar-refractivity contribution is 0.00341. The Morgan fingerprint density at radius 1 is 0.957 bits per heavy atom. The molecule has 0 aliphatic heterocycles. The normalized spacial score (nSPS) is 29.5. The van der Waals surface area contributed by atoms with Crippen LogP contribution < -0.4 is 0 Å². The molecule has 2 saturated carbocycles. The van der Waals surface area contributed by atoms with E-state index in [9.17, 15) is 0 Å². The van der Waals surface area contributed by atoms with Crippen LogP contribution in [0.1, 0.15) is 96.8 Å². The predicted octanol–water partition coefficient (Wildman–Crippen LogP) is 6.92. The van der Waals surface area contributed by atoms with Crippen LogP contribution >= 0.6 is 0 Å². The van der Waals surface area contributed by atoms with Gasteiger partial charge in [-0.15, -0.1) is 6.58 Å². The summed E-state index contributed by atoms with van der Waals surface area (Å²) in [6.07, 6.45) is 22.1. The second-order valence-electron chi connectivity index (χ2n) is 8.35. The average molecular weight is 321 g/mol. The molecule has 0 aromatic carbocycles. The molecule has 0 spiro atoms. The Labute approximate surface area is 145 Å². The maximum atomic E-state index is 5.95. The first-order chi connectivity index (χ1) is 11.3. The van der Waals surface area contributed by atoms with Gasteiger partial charge in [-0.25, -0.2) is 0 Å². The van der Waals surface area contributed by atoms with Crippen LogP contribution in [0.3, 0.4) is 0 Å². The van der Waals surface area contributed by atoms with Gasteiger partial charge in [0.05, 0.1) is 13.2 Å². The van der Waals surface area contributed by atoms with Gasteiger partial charge in [-0.2, -0.15) is 0 Å². The molecule has 0 bridgehead atoms. The van der Waals surface area contributed by atoms with Gasteiger partial charge >= 0.3 is 0 Å². The van der Waals surface area contributed by atoms with Crippen molar-refractivity contribution in [3.63, 3.8) is 0 Å². The van der Waals surface area contributed by atoms with E-state index in [1.807, 2.05) is 6.08 Å². The quantitative estimate of drug-likeness (QED) is 0.313. The number of rotatable bonds is 10. The minimum absolute atomic E-state index is 0.488. The molecular formula is C22H40O. The fourth-order valence-electron chi connectivity index (χ4n) is 5.08. The Bertz CT molecular complexity index is 308. The first-order valence-electron chi connectivity index (χ1n) is 10.5. The molecule has 0 amide bonds. The number of hydrogen-bond donors (Lipinski definition) is 0. The molecule has 2 rings (SSSR count). The van der Waals surface area contributed by atoms with E-state index in [1.54, 1.807) is 0 Å². The Morgan fingerprint density at radius 2 is 1.65 bits per heavy atom. The van der Waals surface area contributed by atoms with Crippen molar-refractivity contribution >= 4 is 0 Å². The molecule has 0 N–H and O–H groups in total. The highest BCUT2D eigenvalue weighted by Crippen LogP contribution is 2.47. The van der Waals surface area contributed by atoms with Crippen molar-refractivity contribution in [3.8, 4) is 0 Å². The molecule has 0 heterocycles. The van der Waals surface area contributed by atoms with Crippen LogP contribution in [0.4, 0.5) is 0 Å². The molecule has 0 atom stereocenters. The second kappa shape index (κ2) is 10.5. The summed E-state index contributed by atoms with van der Waals surface area (Å²) in [5.74, 6) is 2.08. The van der Waals surface area contributed by atoms with Gasteiger partial charge in [0.15, 0.2) is 0 Å². The van der Waals surface area contributed by atoms with E-state index in [1.165, 1.54) is 89.9 Å². The molecule has 0 radical (unpaired) electrons. The standard InChI is InChI=1S/C22H40O/c1-3-5-6-10-15-22(19-23-18-4-2)16-13-21(14-17-22)20-11-8-7-9-12-20/h4,20-21H,2-3,5-19H2,1H3/t21-,22+. The van der Waals surface area contributed by atoms with Gasteiger partial charge in [-0.05, 0) is 49.4 Å². The second-order valence-corrected chi connectivity index (χ2v) is 8.35. The Kier molecular flexibility index (Phi) is 8.72. The van der Waals surface area contributed by atoms with Gasteiger partial charge in [0.1, 0.15) is 0 Å². The smallest absolute Gasteiger partial charge is 0.0645 e.